The number of phenolic OH excluding ortho intramolecular Hbond substituents is 1. The SMILES string of the molecule is CCCOc1c(/C=C/C(=O)c2ccc(NC)cc2)cc(C(C)(C)C)c(O)c1C(C)(C)C. The molecule has 0 aliphatic carbocycles. The van der Waals surface area contributed by atoms with E-state index in [0.717, 1.165) is 28.8 Å². The number of carbonyl (C=O) groups excluding carboxylic acids is 1. The standard InChI is InChI=1S/C27H37NO3/c1-9-16-31-25-19(12-15-22(29)18-10-13-20(28-8)14-11-18)17-21(26(2,3)4)24(30)23(25)27(5,6)7/h10-15,17,28,30H,9,16H2,1-8H3/b15-12+. The lowest BCUT2D eigenvalue weighted by atomic mass is 9.77. The number of anilines is 1. The molecule has 2 rings (SSSR count). The van der Waals surface area contributed by atoms with E-state index in [0.29, 0.717) is 17.9 Å². The number of aromatic hydroxyl groups is 1. The lowest BCUT2D eigenvalue weighted by Gasteiger charge is -2.30. The average Bonchev–Trinajstić information content (AvgIpc) is 2.69. The quantitative estimate of drug-likeness (QED) is 0.384. The maximum Gasteiger partial charge on any atom is 0.185 e. The Balaban J connectivity index is 2.62. The Morgan fingerprint density at radius 2 is 1.68 bits per heavy atom. The summed E-state index contributed by atoms with van der Waals surface area (Å²) in [5.41, 5.74) is 3.41. The summed E-state index contributed by atoms with van der Waals surface area (Å²) in [5, 5.41) is 14.2. The van der Waals surface area contributed by atoms with Crippen molar-refractivity contribution in [1.82, 2.24) is 0 Å². The molecular weight excluding hydrogens is 386 g/mol. The van der Waals surface area contributed by atoms with Crippen molar-refractivity contribution in [2.24, 2.45) is 0 Å². The van der Waals surface area contributed by atoms with Gasteiger partial charge in [-0.2, -0.15) is 0 Å². The second kappa shape index (κ2) is 9.59. The van der Waals surface area contributed by atoms with Crippen molar-refractivity contribution < 1.29 is 14.6 Å². The highest BCUT2D eigenvalue weighted by Crippen LogP contribution is 2.46. The largest absolute Gasteiger partial charge is 0.507 e. The summed E-state index contributed by atoms with van der Waals surface area (Å²) >= 11 is 0. The van der Waals surface area contributed by atoms with Gasteiger partial charge in [-0.15, -0.1) is 0 Å². The Labute approximate surface area is 187 Å². The van der Waals surface area contributed by atoms with Gasteiger partial charge in [-0.25, -0.2) is 0 Å². The first-order valence-electron chi connectivity index (χ1n) is 10.9. The molecule has 0 spiro atoms. The number of hydrogen-bond acceptors (Lipinski definition) is 4. The second-order valence-electron chi connectivity index (χ2n) is 9.94. The molecule has 168 valence electrons. The van der Waals surface area contributed by atoms with E-state index >= 15 is 0 Å². The third kappa shape index (κ3) is 5.90. The molecule has 31 heavy (non-hydrogen) atoms. The first-order valence-corrected chi connectivity index (χ1v) is 10.9. The van der Waals surface area contributed by atoms with Crippen LogP contribution in [0, 0.1) is 0 Å². The molecule has 0 aromatic heterocycles. The van der Waals surface area contributed by atoms with E-state index in [1.165, 1.54) is 0 Å². The zero-order valence-corrected chi connectivity index (χ0v) is 20.2. The molecule has 2 aromatic rings. The first-order chi connectivity index (χ1) is 14.4. The Morgan fingerprint density at radius 3 is 2.16 bits per heavy atom. The summed E-state index contributed by atoms with van der Waals surface area (Å²) in [5.74, 6) is 0.846. The van der Waals surface area contributed by atoms with Gasteiger partial charge >= 0.3 is 0 Å². The highest BCUT2D eigenvalue weighted by molar-refractivity contribution is 6.07. The van der Waals surface area contributed by atoms with Crippen LogP contribution in [0.3, 0.4) is 0 Å². The van der Waals surface area contributed by atoms with Gasteiger partial charge in [0.15, 0.2) is 5.78 Å². The van der Waals surface area contributed by atoms with E-state index in [4.69, 9.17) is 4.74 Å². The van der Waals surface area contributed by atoms with E-state index in [1.54, 1.807) is 6.08 Å². The Hall–Kier alpha value is -2.75. The summed E-state index contributed by atoms with van der Waals surface area (Å²) in [6.45, 7) is 15.0. The number of benzene rings is 2. The number of allylic oxidation sites excluding steroid dienone is 1. The minimum atomic E-state index is -0.329. The van der Waals surface area contributed by atoms with Crippen molar-refractivity contribution in [3.05, 3.63) is 58.7 Å². The molecule has 0 saturated carbocycles. The molecule has 0 aliphatic heterocycles. The fraction of sp³-hybridized carbons (Fsp3) is 0.444. The molecule has 0 fully saturated rings. The smallest absolute Gasteiger partial charge is 0.185 e. The van der Waals surface area contributed by atoms with Gasteiger partial charge in [-0.05, 0) is 59.7 Å². The van der Waals surface area contributed by atoms with Crippen LogP contribution >= 0.6 is 0 Å². The van der Waals surface area contributed by atoms with Gasteiger partial charge in [0, 0.05) is 35.0 Å². The van der Waals surface area contributed by atoms with E-state index in [1.807, 2.05) is 50.4 Å². The molecule has 0 unspecified atom stereocenters. The molecule has 4 heteroatoms. The van der Waals surface area contributed by atoms with E-state index in [-0.39, 0.29) is 22.4 Å². The topological polar surface area (TPSA) is 58.6 Å². The minimum absolute atomic E-state index is 0.0770. The fourth-order valence-corrected chi connectivity index (χ4v) is 3.49. The Morgan fingerprint density at radius 1 is 1.06 bits per heavy atom. The molecular formula is C27H37NO3. The normalized spacial score (nSPS) is 12.3. The van der Waals surface area contributed by atoms with Crippen molar-refractivity contribution in [2.75, 3.05) is 19.0 Å². The molecule has 0 bridgehead atoms. The summed E-state index contributed by atoms with van der Waals surface area (Å²) in [6, 6.07) is 9.33. The van der Waals surface area contributed by atoms with Crippen molar-refractivity contribution in [1.29, 1.82) is 0 Å². The Kier molecular flexibility index (Phi) is 7.58. The number of phenols is 1. The van der Waals surface area contributed by atoms with Crippen molar-refractivity contribution >= 4 is 17.5 Å². The van der Waals surface area contributed by atoms with Gasteiger partial charge in [-0.3, -0.25) is 4.79 Å². The van der Waals surface area contributed by atoms with Gasteiger partial charge in [0.05, 0.1) is 6.61 Å². The molecule has 0 heterocycles. The maximum atomic E-state index is 12.8. The number of nitrogens with one attached hydrogen (secondary N) is 1. The number of carbonyl (C=O) groups is 1. The molecule has 0 aliphatic rings. The predicted octanol–water partition coefficient (Wildman–Crippen LogP) is 6.71. The summed E-state index contributed by atoms with van der Waals surface area (Å²) in [4.78, 5) is 12.8. The van der Waals surface area contributed by atoms with Crippen molar-refractivity contribution in [3.8, 4) is 11.5 Å². The molecule has 2 aromatic carbocycles. The summed E-state index contributed by atoms with van der Waals surface area (Å²) in [7, 11) is 1.85. The monoisotopic (exact) mass is 423 g/mol. The van der Waals surface area contributed by atoms with Crippen LogP contribution in [0.2, 0.25) is 0 Å². The lowest BCUT2D eigenvalue weighted by molar-refractivity contribution is 0.104. The number of ether oxygens (including phenoxy) is 1. The molecule has 0 amide bonds. The third-order valence-corrected chi connectivity index (χ3v) is 5.16. The van der Waals surface area contributed by atoms with Crippen LogP contribution in [-0.4, -0.2) is 24.5 Å². The van der Waals surface area contributed by atoms with Crippen LogP contribution in [0.4, 0.5) is 5.69 Å². The molecule has 0 atom stereocenters. The van der Waals surface area contributed by atoms with Gasteiger partial charge in [0.1, 0.15) is 11.5 Å². The highest BCUT2D eigenvalue weighted by atomic mass is 16.5. The van der Waals surface area contributed by atoms with Crippen LogP contribution < -0.4 is 10.1 Å². The fourth-order valence-electron chi connectivity index (χ4n) is 3.49. The zero-order chi connectivity index (χ0) is 23.4. The van der Waals surface area contributed by atoms with Gasteiger partial charge in [0.25, 0.3) is 0 Å². The molecule has 2 N–H and O–H groups in total. The van der Waals surface area contributed by atoms with Gasteiger partial charge in [-0.1, -0.05) is 48.5 Å². The highest BCUT2D eigenvalue weighted by Gasteiger charge is 2.31. The number of hydrogen-bond donors (Lipinski definition) is 2. The van der Waals surface area contributed by atoms with Crippen LogP contribution in [0.5, 0.6) is 11.5 Å². The maximum absolute atomic E-state index is 12.8. The zero-order valence-electron chi connectivity index (χ0n) is 20.2. The third-order valence-electron chi connectivity index (χ3n) is 5.16. The van der Waals surface area contributed by atoms with E-state index in [9.17, 15) is 9.90 Å². The number of rotatable bonds is 7. The minimum Gasteiger partial charge on any atom is -0.507 e. The lowest BCUT2D eigenvalue weighted by Crippen LogP contribution is -2.19. The van der Waals surface area contributed by atoms with Crippen LogP contribution in [0.25, 0.3) is 6.08 Å². The first kappa shape index (κ1) is 24.5. The van der Waals surface area contributed by atoms with Gasteiger partial charge < -0.3 is 15.2 Å². The van der Waals surface area contributed by atoms with Crippen LogP contribution in [-0.2, 0) is 10.8 Å². The summed E-state index contributed by atoms with van der Waals surface area (Å²) < 4.78 is 6.13. The molecule has 4 nitrogen and oxygen atoms in total. The average molecular weight is 424 g/mol. The molecule has 0 saturated heterocycles. The van der Waals surface area contributed by atoms with E-state index < -0.39 is 0 Å². The Bertz CT molecular complexity index is 942. The number of ketones is 1. The van der Waals surface area contributed by atoms with Crippen LogP contribution in [0.1, 0.15) is 81.9 Å². The molecule has 0 radical (unpaired) electrons. The van der Waals surface area contributed by atoms with Crippen molar-refractivity contribution in [2.45, 2.75) is 65.7 Å². The second-order valence-corrected chi connectivity index (χ2v) is 9.94. The van der Waals surface area contributed by atoms with Gasteiger partial charge in [0.2, 0.25) is 0 Å². The van der Waals surface area contributed by atoms with Crippen molar-refractivity contribution in [3.63, 3.8) is 0 Å². The summed E-state index contributed by atoms with van der Waals surface area (Å²) in [6.07, 6.45) is 4.24. The predicted molar refractivity (Wildman–Crippen MR) is 131 cm³/mol. The van der Waals surface area contributed by atoms with Crippen LogP contribution in [0.15, 0.2) is 36.4 Å². The van der Waals surface area contributed by atoms with E-state index in [2.05, 4.69) is 46.9 Å².